The molecule has 102 valence electrons. The number of hydrogen-bond donors (Lipinski definition) is 2. The zero-order valence-corrected chi connectivity index (χ0v) is 10.9. The van der Waals surface area contributed by atoms with Gasteiger partial charge in [-0.1, -0.05) is 0 Å². The highest BCUT2D eigenvalue weighted by molar-refractivity contribution is 5.98. The van der Waals surface area contributed by atoms with Gasteiger partial charge in [-0.15, -0.1) is 0 Å². The van der Waals surface area contributed by atoms with Crippen molar-refractivity contribution in [3.05, 3.63) is 11.3 Å². The molecule has 1 aromatic heterocycles. The molecule has 1 amide bonds. The molecule has 0 aliphatic heterocycles. The Labute approximate surface area is 111 Å². The van der Waals surface area contributed by atoms with Crippen LogP contribution in [0.5, 0.6) is 0 Å². The van der Waals surface area contributed by atoms with Crippen molar-refractivity contribution in [3.63, 3.8) is 0 Å². The van der Waals surface area contributed by atoms with E-state index in [4.69, 9.17) is 11.5 Å². The smallest absolute Gasteiger partial charge is 0.254 e. The van der Waals surface area contributed by atoms with E-state index < -0.39 is 5.91 Å². The van der Waals surface area contributed by atoms with Crippen molar-refractivity contribution in [2.24, 2.45) is 24.6 Å². The maximum absolute atomic E-state index is 11.5. The number of anilines is 1. The van der Waals surface area contributed by atoms with Gasteiger partial charge in [0.05, 0.1) is 5.69 Å². The topological polar surface area (TPSA) is 104 Å². The monoisotopic (exact) mass is 262 g/mol. The molecule has 0 saturated heterocycles. The van der Waals surface area contributed by atoms with Gasteiger partial charge in [0.25, 0.3) is 5.91 Å². The quantitative estimate of drug-likeness (QED) is 0.813. The van der Waals surface area contributed by atoms with Crippen LogP contribution in [-0.2, 0) is 11.8 Å². The van der Waals surface area contributed by atoms with E-state index in [0.29, 0.717) is 47.5 Å². The fraction of sp³-hybridized carbons (Fsp3) is 0.615. The standard InChI is InChI=1S/C13H18N4O2/c1-17-12(14)10(13(15)19)11(16-17)8-2-6-4-9(18)5-7(6)3-8/h6-8H,2-5,14H2,1H3,(H2,15,19). The number of ketones is 1. The fourth-order valence-electron chi connectivity index (χ4n) is 3.70. The maximum atomic E-state index is 11.5. The number of carbonyl (C=O) groups is 2. The van der Waals surface area contributed by atoms with E-state index in [9.17, 15) is 9.59 Å². The molecule has 2 unspecified atom stereocenters. The molecule has 2 aliphatic carbocycles. The first-order valence-corrected chi connectivity index (χ1v) is 6.61. The number of nitrogen functional groups attached to an aromatic ring is 1. The van der Waals surface area contributed by atoms with Crippen LogP contribution in [0, 0.1) is 11.8 Å². The second-order valence-electron chi connectivity index (χ2n) is 5.77. The predicted molar refractivity (Wildman–Crippen MR) is 69.3 cm³/mol. The minimum atomic E-state index is -0.520. The van der Waals surface area contributed by atoms with Crippen molar-refractivity contribution in [3.8, 4) is 0 Å². The Morgan fingerprint density at radius 3 is 2.42 bits per heavy atom. The van der Waals surface area contributed by atoms with E-state index in [1.807, 2.05) is 0 Å². The summed E-state index contributed by atoms with van der Waals surface area (Å²) >= 11 is 0. The normalized spacial score (nSPS) is 29.7. The van der Waals surface area contributed by atoms with Crippen molar-refractivity contribution >= 4 is 17.5 Å². The number of nitrogens with zero attached hydrogens (tertiary/aromatic N) is 2. The molecule has 1 aromatic rings. The van der Waals surface area contributed by atoms with E-state index >= 15 is 0 Å². The number of fused-ring (bicyclic) bond motifs is 1. The lowest BCUT2D eigenvalue weighted by atomic mass is 9.96. The van der Waals surface area contributed by atoms with Crippen molar-refractivity contribution in [1.29, 1.82) is 0 Å². The molecular weight excluding hydrogens is 244 g/mol. The number of aryl methyl sites for hydroxylation is 1. The van der Waals surface area contributed by atoms with Crippen LogP contribution in [-0.4, -0.2) is 21.5 Å². The van der Waals surface area contributed by atoms with Gasteiger partial charge in [-0.25, -0.2) is 0 Å². The van der Waals surface area contributed by atoms with Crippen LogP contribution in [0.25, 0.3) is 0 Å². The number of carbonyl (C=O) groups excluding carboxylic acids is 2. The second kappa shape index (κ2) is 4.08. The Balaban J connectivity index is 1.91. The number of Topliss-reactive ketones (excluding diaryl/α,β-unsaturated/α-hetero) is 1. The summed E-state index contributed by atoms with van der Waals surface area (Å²) in [6.45, 7) is 0. The van der Waals surface area contributed by atoms with Gasteiger partial charge in [0.1, 0.15) is 17.2 Å². The number of nitrogens with two attached hydrogens (primary N) is 2. The third-order valence-electron chi connectivity index (χ3n) is 4.57. The van der Waals surface area contributed by atoms with Crippen LogP contribution in [0.1, 0.15) is 47.7 Å². The van der Waals surface area contributed by atoms with E-state index in [-0.39, 0.29) is 5.92 Å². The molecule has 4 N–H and O–H groups in total. The highest BCUT2D eigenvalue weighted by Crippen LogP contribution is 2.49. The molecular formula is C13H18N4O2. The summed E-state index contributed by atoms with van der Waals surface area (Å²) < 4.78 is 1.51. The Hall–Kier alpha value is -1.85. The van der Waals surface area contributed by atoms with Gasteiger partial charge >= 0.3 is 0 Å². The van der Waals surface area contributed by atoms with Gasteiger partial charge in [-0.3, -0.25) is 14.3 Å². The molecule has 2 aliphatic rings. The molecule has 2 atom stereocenters. The maximum Gasteiger partial charge on any atom is 0.254 e. The van der Waals surface area contributed by atoms with Crippen LogP contribution in [0.15, 0.2) is 0 Å². The molecule has 0 bridgehead atoms. The van der Waals surface area contributed by atoms with E-state index in [1.165, 1.54) is 4.68 Å². The number of hydrogen-bond acceptors (Lipinski definition) is 4. The van der Waals surface area contributed by atoms with Crippen molar-refractivity contribution in [2.75, 3.05) is 5.73 Å². The molecule has 6 nitrogen and oxygen atoms in total. The first-order chi connectivity index (χ1) is 8.97. The fourth-order valence-corrected chi connectivity index (χ4v) is 3.70. The highest BCUT2D eigenvalue weighted by atomic mass is 16.1. The average molecular weight is 262 g/mol. The van der Waals surface area contributed by atoms with Gasteiger partial charge in [0.15, 0.2) is 0 Å². The summed E-state index contributed by atoms with van der Waals surface area (Å²) in [5, 5.41) is 4.37. The lowest BCUT2D eigenvalue weighted by Crippen LogP contribution is -2.16. The number of primary amides is 1. The molecule has 19 heavy (non-hydrogen) atoms. The molecule has 1 heterocycles. The van der Waals surface area contributed by atoms with Crippen molar-refractivity contribution < 1.29 is 9.59 Å². The second-order valence-corrected chi connectivity index (χ2v) is 5.77. The minimum absolute atomic E-state index is 0.203. The molecule has 2 fully saturated rings. The molecule has 3 rings (SSSR count). The van der Waals surface area contributed by atoms with Crippen molar-refractivity contribution in [2.45, 2.75) is 31.6 Å². The molecule has 0 spiro atoms. The van der Waals surface area contributed by atoms with Crippen molar-refractivity contribution in [1.82, 2.24) is 9.78 Å². The summed E-state index contributed by atoms with van der Waals surface area (Å²) in [6, 6.07) is 0. The van der Waals surface area contributed by atoms with E-state index in [1.54, 1.807) is 7.05 Å². The Bertz CT molecular complexity index is 547. The van der Waals surface area contributed by atoms with Gasteiger partial charge in [-0.05, 0) is 24.7 Å². The van der Waals surface area contributed by atoms with Gasteiger partial charge in [0.2, 0.25) is 0 Å². The van der Waals surface area contributed by atoms with Crippen LogP contribution >= 0.6 is 0 Å². The minimum Gasteiger partial charge on any atom is -0.383 e. The number of amides is 1. The average Bonchev–Trinajstić information content (AvgIpc) is 2.91. The van der Waals surface area contributed by atoms with Crippen LogP contribution in [0.3, 0.4) is 0 Å². The SMILES string of the molecule is Cn1nc(C2CC3CC(=O)CC3C2)c(C(N)=O)c1N. The van der Waals surface area contributed by atoms with E-state index in [0.717, 1.165) is 12.8 Å². The molecule has 0 aromatic carbocycles. The summed E-state index contributed by atoms with van der Waals surface area (Å²) in [4.78, 5) is 23.0. The third kappa shape index (κ3) is 1.82. The van der Waals surface area contributed by atoms with E-state index in [2.05, 4.69) is 5.10 Å². The molecule has 2 saturated carbocycles. The number of rotatable bonds is 2. The Kier molecular flexibility index (Phi) is 2.62. The summed E-state index contributed by atoms with van der Waals surface area (Å²) in [5.41, 5.74) is 12.3. The summed E-state index contributed by atoms with van der Waals surface area (Å²) in [5.74, 6) is 1.27. The number of aromatic nitrogens is 2. The highest BCUT2D eigenvalue weighted by Gasteiger charge is 2.43. The zero-order chi connectivity index (χ0) is 13.7. The van der Waals surface area contributed by atoms with Gasteiger partial charge in [-0.2, -0.15) is 5.10 Å². The largest absolute Gasteiger partial charge is 0.383 e. The summed E-state index contributed by atoms with van der Waals surface area (Å²) in [6.07, 6.45) is 3.17. The van der Waals surface area contributed by atoms with Crippen LogP contribution in [0.4, 0.5) is 5.82 Å². The van der Waals surface area contributed by atoms with Gasteiger partial charge < -0.3 is 11.5 Å². The Morgan fingerprint density at radius 1 is 1.32 bits per heavy atom. The summed E-state index contributed by atoms with van der Waals surface area (Å²) in [7, 11) is 1.71. The van der Waals surface area contributed by atoms with Crippen LogP contribution < -0.4 is 11.5 Å². The zero-order valence-electron chi connectivity index (χ0n) is 10.9. The van der Waals surface area contributed by atoms with Crippen LogP contribution in [0.2, 0.25) is 0 Å². The first-order valence-electron chi connectivity index (χ1n) is 6.61. The predicted octanol–water partition coefficient (Wildman–Crippen LogP) is 0.574. The Morgan fingerprint density at radius 2 is 1.89 bits per heavy atom. The third-order valence-corrected chi connectivity index (χ3v) is 4.57. The molecule has 0 radical (unpaired) electrons. The lowest BCUT2D eigenvalue weighted by Gasteiger charge is -2.09. The molecule has 6 heteroatoms. The van der Waals surface area contributed by atoms with Gasteiger partial charge in [0, 0.05) is 25.8 Å². The first kappa shape index (κ1) is 12.2. The lowest BCUT2D eigenvalue weighted by molar-refractivity contribution is -0.117.